The number of carboxylic acids is 1. The van der Waals surface area contributed by atoms with E-state index in [1.54, 1.807) is 12.1 Å². The fourth-order valence-corrected chi connectivity index (χ4v) is 1.72. The molecule has 0 aliphatic rings. The summed E-state index contributed by atoms with van der Waals surface area (Å²) in [6.45, 7) is 7.73. The molecule has 0 aromatic heterocycles. The minimum atomic E-state index is -1.01. The number of hydrogen-bond donors (Lipinski definition) is 2. The quantitative estimate of drug-likeness (QED) is 0.800. The fourth-order valence-electron chi connectivity index (χ4n) is 1.72. The second-order valence-electron chi connectivity index (χ2n) is 5.26. The lowest BCUT2D eigenvalue weighted by Crippen LogP contribution is -2.32. The molecule has 0 fully saturated rings. The van der Waals surface area contributed by atoms with Crippen LogP contribution >= 0.6 is 0 Å². The first kappa shape index (κ1) is 16.3. The molecule has 1 rings (SSSR count). The Labute approximate surface area is 119 Å². The molecule has 0 spiro atoms. The Morgan fingerprint density at radius 3 is 2.20 bits per heavy atom. The van der Waals surface area contributed by atoms with Crippen molar-refractivity contribution in [3.63, 3.8) is 0 Å². The van der Waals surface area contributed by atoms with Gasteiger partial charge in [-0.2, -0.15) is 0 Å². The van der Waals surface area contributed by atoms with E-state index in [0.29, 0.717) is 11.5 Å². The summed E-state index contributed by atoms with van der Waals surface area (Å²) in [7, 11) is 0. The molecule has 20 heavy (non-hydrogen) atoms. The molecule has 0 aliphatic heterocycles. The molecular formula is C15H23NO4. The maximum absolute atomic E-state index is 10.8. The van der Waals surface area contributed by atoms with E-state index in [9.17, 15) is 4.79 Å². The Hall–Kier alpha value is -1.75. The highest BCUT2D eigenvalue weighted by atomic mass is 16.5. The molecule has 1 aromatic rings. The van der Waals surface area contributed by atoms with Gasteiger partial charge in [0.25, 0.3) is 0 Å². The average Bonchev–Trinajstić information content (AvgIpc) is 2.31. The normalized spacial score (nSPS) is 12.6. The number of benzene rings is 1. The number of aliphatic carboxylic acids is 1. The van der Waals surface area contributed by atoms with Crippen molar-refractivity contribution < 1.29 is 19.4 Å². The summed E-state index contributed by atoms with van der Waals surface area (Å²) in [5.41, 5.74) is 6.36. The van der Waals surface area contributed by atoms with Crippen molar-refractivity contribution in [3.8, 4) is 11.5 Å². The van der Waals surface area contributed by atoms with Crippen LogP contribution in [0, 0.1) is 0 Å². The van der Waals surface area contributed by atoms with Crippen LogP contribution in [0.4, 0.5) is 0 Å². The van der Waals surface area contributed by atoms with Crippen LogP contribution in [0.2, 0.25) is 0 Å². The van der Waals surface area contributed by atoms with E-state index in [2.05, 4.69) is 0 Å². The standard InChI is InChI=1S/C15H23NO4/c1-9(2)19-13-6-5-11(7-12(16)15(17)18)8-14(13)20-10(3)4/h5-6,8-10,12H,7,16H2,1-4H3,(H,17,18). The summed E-state index contributed by atoms with van der Waals surface area (Å²) in [6, 6.07) is 4.48. The van der Waals surface area contributed by atoms with Crippen LogP contribution in [-0.4, -0.2) is 29.3 Å². The lowest BCUT2D eigenvalue weighted by molar-refractivity contribution is -0.138. The highest BCUT2D eigenvalue weighted by Crippen LogP contribution is 2.30. The SMILES string of the molecule is CC(C)Oc1ccc(CC(N)C(=O)O)cc1OC(C)C. The van der Waals surface area contributed by atoms with Crippen molar-refractivity contribution in [1.82, 2.24) is 0 Å². The van der Waals surface area contributed by atoms with Gasteiger partial charge in [-0.05, 0) is 51.8 Å². The first-order valence-corrected chi connectivity index (χ1v) is 6.74. The monoisotopic (exact) mass is 281 g/mol. The largest absolute Gasteiger partial charge is 0.487 e. The van der Waals surface area contributed by atoms with Gasteiger partial charge in [0.05, 0.1) is 12.2 Å². The summed E-state index contributed by atoms with van der Waals surface area (Å²) < 4.78 is 11.4. The van der Waals surface area contributed by atoms with Crippen molar-refractivity contribution in [1.29, 1.82) is 0 Å². The van der Waals surface area contributed by atoms with Crippen LogP contribution in [0.3, 0.4) is 0 Å². The molecule has 5 heteroatoms. The van der Waals surface area contributed by atoms with E-state index in [4.69, 9.17) is 20.3 Å². The van der Waals surface area contributed by atoms with Crippen LogP contribution in [-0.2, 0) is 11.2 Å². The van der Waals surface area contributed by atoms with Gasteiger partial charge >= 0.3 is 5.97 Å². The minimum Gasteiger partial charge on any atom is -0.487 e. The summed E-state index contributed by atoms with van der Waals surface area (Å²) >= 11 is 0. The second kappa shape index (κ2) is 7.14. The molecule has 0 saturated carbocycles. The Morgan fingerprint density at radius 2 is 1.70 bits per heavy atom. The topological polar surface area (TPSA) is 81.8 Å². The number of carboxylic acid groups (broad SMARTS) is 1. The summed E-state index contributed by atoms with van der Waals surface area (Å²) in [6.07, 6.45) is 0.302. The van der Waals surface area contributed by atoms with Crippen molar-refractivity contribution in [2.24, 2.45) is 5.73 Å². The van der Waals surface area contributed by atoms with Gasteiger partial charge in [0.15, 0.2) is 11.5 Å². The van der Waals surface area contributed by atoms with Gasteiger partial charge in [0.2, 0.25) is 0 Å². The van der Waals surface area contributed by atoms with Gasteiger partial charge in [-0.3, -0.25) is 4.79 Å². The number of hydrogen-bond acceptors (Lipinski definition) is 4. The van der Waals surface area contributed by atoms with E-state index in [1.165, 1.54) is 0 Å². The zero-order valence-corrected chi connectivity index (χ0v) is 12.4. The molecule has 1 unspecified atom stereocenters. The van der Waals surface area contributed by atoms with Gasteiger partial charge in [-0.1, -0.05) is 6.07 Å². The zero-order valence-electron chi connectivity index (χ0n) is 12.4. The molecule has 0 bridgehead atoms. The predicted octanol–water partition coefficient (Wildman–Crippen LogP) is 2.22. The first-order valence-electron chi connectivity index (χ1n) is 6.74. The van der Waals surface area contributed by atoms with Gasteiger partial charge in [-0.25, -0.2) is 0 Å². The molecule has 5 nitrogen and oxygen atoms in total. The number of nitrogens with two attached hydrogens (primary N) is 1. The summed E-state index contributed by atoms with van der Waals surface area (Å²) in [5, 5.41) is 8.85. The molecule has 1 aromatic carbocycles. The Kier molecular flexibility index (Phi) is 5.82. The van der Waals surface area contributed by atoms with Crippen molar-refractivity contribution >= 4 is 5.97 Å². The molecule has 0 amide bonds. The van der Waals surface area contributed by atoms with Crippen LogP contribution in [0.25, 0.3) is 0 Å². The molecule has 0 radical (unpaired) electrons. The highest BCUT2D eigenvalue weighted by molar-refractivity contribution is 5.73. The maximum Gasteiger partial charge on any atom is 0.320 e. The molecule has 0 heterocycles. The minimum absolute atomic E-state index is 0.00732. The first-order chi connectivity index (χ1) is 9.29. The molecule has 0 aliphatic carbocycles. The zero-order chi connectivity index (χ0) is 15.3. The summed E-state index contributed by atoms with van der Waals surface area (Å²) in [4.78, 5) is 10.8. The predicted molar refractivity (Wildman–Crippen MR) is 77.3 cm³/mol. The van der Waals surface area contributed by atoms with E-state index in [1.807, 2.05) is 33.8 Å². The lowest BCUT2D eigenvalue weighted by Gasteiger charge is -2.18. The highest BCUT2D eigenvalue weighted by Gasteiger charge is 2.15. The van der Waals surface area contributed by atoms with E-state index in [-0.39, 0.29) is 18.6 Å². The van der Waals surface area contributed by atoms with Crippen LogP contribution < -0.4 is 15.2 Å². The van der Waals surface area contributed by atoms with Crippen LogP contribution in [0.1, 0.15) is 33.3 Å². The second-order valence-corrected chi connectivity index (χ2v) is 5.26. The van der Waals surface area contributed by atoms with Gasteiger partial charge in [-0.15, -0.1) is 0 Å². The molecule has 3 N–H and O–H groups in total. The third kappa shape index (κ3) is 5.09. The lowest BCUT2D eigenvalue weighted by atomic mass is 10.1. The Balaban J connectivity index is 2.97. The van der Waals surface area contributed by atoms with Crippen molar-refractivity contribution in [2.75, 3.05) is 0 Å². The fraction of sp³-hybridized carbons (Fsp3) is 0.533. The Bertz CT molecular complexity index is 457. The van der Waals surface area contributed by atoms with Crippen molar-refractivity contribution in [3.05, 3.63) is 23.8 Å². The third-order valence-corrected chi connectivity index (χ3v) is 2.51. The van der Waals surface area contributed by atoms with Crippen LogP contribution in [0.5, 0.6) is 11.5 Å². The number of ether oxygens (including phenoxy) is 2. The molecular weight excluding hydrogens is 258 g/mol. The van der Waals surface area contributed by atoms with Gasteiger partial charge < -0.3 is 20.3 Å². The van der Waals surface area contributed by atoms with E-state index < -0.39 is 12.0 Å². The molecule has 112 valence electrons. The third-order valence-electron chi connectivity index (χ3n) is 2.51. The summed E-state index contributed by atoms with van der Waals surface area (Å²) in [5.74, 6) is 0.254. The van der Waals surface area contributed by atoms with Crippen molar-refractivity contribution in [2.45, 2.75) is 52.4 Å². The smallest absolute Gasteiger partial charge is 0.320 e. The number of rotatable bonds is 7. The Morgan fingerprint density at radius 1 is 1.15 bits per heavy atom. The van der Waals surface area contributed by atoms with E-state index >= 15 is 0 Å². The molecule has 1 atom stereocenters. The van der Waals surface area contributed by atoms with Gasteiger partial charge in [0.1, 0.15) is 6.04 Å². The maximum atomic E-state index is 10.8. The average molecular weight is 281 g/mol. The molecule has 0 saturated heterocycles. The van der Waals surface area contributed by atoms with Gasteiger partial charge in [0, 0.05) is 0 Å². The van der Waals surface area contributed by atoms with Crippen LogP contribution in [0.15, 0.2) is 18.2 Å². The number of carbonyl (C=O) groups is 1. The van der Waals surface area contributed by atoms with E-state index in [0.717, 1.165) is 5.56 Å².